The maximum Gasteiger partial charge on any atom is 0.240 e. The molecular formula is C15H25Cl2N3O. The molecule has 0 bridgehead atoms. The number of hydrogen-bond donors (Lipinski definition) is 2. The zero-order chi connectivity index (χ0) is 13.9. The quantitative estimate of drug-likeness (QED) is 0.838. The monoisotopic (exact) mass is 333 g/mol. The van der Waals surface area contributed by atoms with Crippen molar-refractivity contribution in [2.75, 3.05) is 13.6 Å². The van der Waals surface area contributed by atoms with Gasteiger partial charge in [0.25, 0.3) is 0 Å². The lowest BCUT2D eigenvalue weighted by Crippen LogP contribution is -2.42. The van der Waals surface area contributed by atoms with Gasteiger partial charge in [0, 0.05) is 13.1 Å². The second kappa shape index (κ2) is 8.59. The zero-order valence-corrected chi connectivity index (χ0v) is 14.2. The Hall–Kier alpha value is -0.810. The standard InChI is InChI=1S/C15H23N3O.2ClH/c1-3-18(2)11-13-6-4-5-12(9-13)10-17-14(19)15(16)7-8-15;;/h4-6,9H,3,7-8,10-11,16H2,1-2H3,(H,17,19);2*1H. The van der Waals surface area contributed by atoms with Crippen LogP contribution in [0.4, 0.5) is 0 Å². The van der Waals surface area contributed by atoms with Crippen LogP contribution in [-0.4, -0.2) is 29.9 Å². The number of nitrogens with one attached hydrogen (secondary N) is 1. The molecule has 0 heterocycles. The van der Waals surface area contributed by atoms with Gasteiger partial charge in [0.2, 0.25) is 5.91 Å². The molecule has 1 aliphatic carbocycles. The Labute approximate surface area is 139 Å². The molecule has 0 spiro atoms. The van der Waals surface area contributed by atoms with Gasteiger partial charge >= 0.3 is 0 Å². The Morgan fingerprint density at radius 3 is 2.52 bits per heavy atom. The second-order valence-corrected chi connectivity index (χ2v) is 5.49. The molecule has 1 aliphatic rings. The zero-order valence-electron chi connectivity index (χ0n) is 12.6. The number of benzene rings is 1. The molecule has 0 aromatic heterocycles. The van der Waals surface area contributed by atoms with Crippen LogP contribution in [0.3, 0.4) is 0 Å². The van der Waals surface area contributed by atoms with E-state index in [4.69, 9.17) is 5.73 Å². The molecule has 3 N–H and O–H groups in total. The molecular weight excluding hydrogens is 309 g/mol. The summed E-state index contributed by atoms with van der Waals surface area (Å²) in [6.07, 6.45) is 1.61. The van der Waals surface area contributed by atoms with Gasteiger partial charge in [-0.1, -0.05) is 31.2 Å². The maximum atomic E-state index is 11.8. The number of nitrogens with two attached hydrogens (primary N) is 1. The lowest BCUT2D eigenvalue weighted by atomic mass is 10.1. The van der Waals surface area contributed by atoms with Crippen LogP contribution in [-0.2, 0) is 17.9 Å². The number of carbonyl (C=O) groups is 1. The van der Waals surface area contributed by atoms with E-state index in [-0.39, 0.29) is 30.7 Å². The Morgan fingerprint density at radius 2 is 1.95 bits per heavy atom. The van der Waals surface area contributed by atoms with Crippen LogP contribution in [0.1, 0.15) is 30.9 Å². The molecule has 1 saturated carbocycles. The molecule has 1 aromatic rings. The highest BCUT2D eigenvalue weighted by atomic mass is 35.5. The Bertz CT molecular complexity index is 464. The summed E-state index contributed by atoms with van der Waals surface area (Å²) in [5, 5.41) is 2.92. The van der Waals surface area contributed by atoms with E-state index in [1.165, 1.54) is 5.56 Å². The van der Waals surface area contributed by atoms with E-state index in [0.717, 1.165) is 31.5 Å². The van der Waals surface area contributed by atoms with Crippen molar-refractivity contribution in [2.24, 2.45) is 5.73 Å². The van der Waals surface area contributed by atoms with Gasteiger partial charge in [-0.3, -0.25) is 4.79 Å². The molecule has 21 heavy (non-hydrogen) atoms. The molecule has 0 radical (unpaired) electrons. The summed E-state index contributed by atoms with van der Waals surface area (Å²) >= 11 is 0. The van der Waals surface area contributed by atoms with Gasteiger partial charge in [0.15, 0.2) is 0 Å². The highest BCUT2D eigenvalue weighted by Crippen LogP contribution is 2.32. The number of rotatable bonds is 6. The molecule has 120 valence electrons. The fraction of sp³-hybridized carbons (Fsp3) is 0.533. The summed E-state index contributed by atoms with van der Waals surface area (Å²) in [6, 6.07) is 8.33. The predicted molar refractivity (Wildman–Crippen MR) is 90.9 cm³/mol. The molecule has 0 aliphatic heterocycles. The van der Waals surface area contributed by atoms with Gasteiger partial charge < -0.3 is 16.0 Å². The molecule has 1 amide bonds. The van der Waals surface area contributed by atoms with Crippen LogP contribution in [0.2, 0.25) is 0 Å². The summed E-state index contributed by atoms with van der Waals surface area (Å²) in [6.45, 7) is 4.65. The van der Waals surface area contributed by atoms with Crippen molar-refractivity contribution in [3.05, 3.63) is 35.4 Å². The number of amides is 1. The van der Waals surface area contributed by atoms with Gasteiger partial charge in [-0.2, -0.15) is 0 Å². The van der Waals surface area contributed by atoms with Crippen molar-refractivity contribution >= 4 is 30.7 Å². The van der Waals surface area contributed by atoms with E-state index in [1.54, 1.807) is 0 Å². The minimum absolute atomic E-state index is 0. The lowest BCUT2D eigenvalue weighted by molar-refractivity contribution is -0.123. The van der Waals surface area contributed by atoms with Crippen LogP contribution < -0.4 is 11.1 Å². The van der Waals surface area contributed by atoms with Crippen LogP contribution in [0.15, 0.2) is 24.3 Å². The average molecular weight is 334 g/mol. The summed E-state index contributed by atoms with van der Waals surface area (Å²) in [5.41, 5.74) is 7.66. The van der Waals surface area contributed by atoms with Crippen molar-refractivity contribution < 1.29 is 4.79 Å². The largest absolute Gasteiger partial charge is 0.350 e. The van der Waals surface area contributed by atoms with E-state index >= 15 is 0 Å². The van der Waals surface area contributed by atoms with E-state index in [0.29, 0.717) is 6.54 Å². The number of carbonyl (C=O) groups excluding carboxylic acids is 1. The number of nitrogens with zero attached hydrogens (tertiary/aromatic N) is 1. The summed E-state index contributed by atoms with van der Waals surface area (Å²) in [5.74, 6) is -0.0245. The first-order chi connectivity index (χ1) is 9.03. The number of halogens is 2. The fourth-order valence-electron chi connectivity index (χ4n) is 1.98. The van der Waals surface area contributed by atoms with E-state index in [9.17, 15) is 4.79 Å². The maximum absolute atomic E-state index is 11.8. The van der Waals surface area contributed by atoms with Gasteiger partial charge in [0.05, 0.1) is 5.54 Å². The molecule has 0 saturated heterocycles. The van der Waals surface area contributed by atoms with E-state index < -0.39 is 5.54 Å². The van der Waals surface area contributed by atoms with Gasteiger partial charge in [-0.15, -0.1) is 24.8 Å². The summed E-state index contributed by atoms with van der Waals surface area (Å²) in [4.78, 5) is 14.0. The lowest BCUT2D eigenvalue weighted by Gasteiger charge is -2.15. The number of hydrogen-bond acceptors (Lipinski definition) is 3. The van der Waals surface area contributed by atoms with Gasteiger partial charge in [0.1, 0.15) is 0 Å². The molecule has 1 aromatic carbocycles. The minimum Gasteiger partial charge on any atom is -0.350 e. The smallest absolute Gasteiger partial charge is 0.240 e. The van der Waals surface area contributed by atoms with Crippen molar-refractivity contribution in [3.63, 3.8) is 0 Å². The third-order valence-corrected chi connectivity index (χ3v) is 3.68. The first-order valence-electron chi connectivity index (χ1n) is 6.87. The Morgan fingerprint density at radius 1 is 1.33 bits per heavy atom. The molecule has 1 fully saturated rings. The highest BCUT2D eigenvalue weighted by molar-refractivity contribution is 5.88. The van der Waals surface area contributed by atoms with E-state index in [2.05, 4.69) is 36.3 Å². The van der Waals surface area contributed by atoms with Crippen molar-refractivity contribution in [2.45, 2.75) is 38.4 Å². The molecule has 6 heteroatoms. The van der Waals surface area contributed by atoms with Crippen LogP contribution in [0.25, 0.3) is 0 Å². The van der Waals surface area contributed by atoms with Crippen molar-refractivity contribution in [1.29, 1.82) is 0 Å². The van der Waals surface area contributed by atoms with Gasteiger partial charge in [-0.05, 0) is 37.6 Å². The minimum atomic E-state index is -0.583. The molecule has 0 atom stereocenters. The Kier molecular flexibility index (Phi) is 8.26. The normalized spacial score (nSPS) is 14.9. The molecule has 4 nitrogen and oxygen atoms in total. The first-order valence-corrected chi connectivity index (χ1v) is 6.87. The second-order valence-electron chi connectivity index (χ2n) is 5.49. The Balaban J connectivity index is 0.00000200. The molecule has 0 unspecified atom stereocenters. The first kappa shape index (κ1) is 20.2. The van der Waals surface area contributed by atoms with E-state index in [1.807, 2.05) is 12.1 Å². The van der Waals surface area contributed by atoms with Crippen molar-refractivity contribution in [3.8, 4) is 0 Å². The van der Waals surface area contributed by atoms with Crippen LogP contribution in [0.5, 0.6) is 0 Å². The van der Waals surface area contributed by atoms with Crippen LogP contribution in [0, 0.1) is 0 Å². The predicted octanol–water partition coefficient (Wildman–Crippen LogP) is 2.09. The van der Waals surface area contributed by atoms with Gasteiger partial charge in [-0.25, -0.2) is 0 Å². The fourth-order valence-corrected chi connectivity index (χ4v) is 1.98. The summed E-state index contributed by atoms with van der Waals surface area (Å²) < 4.78 is 0. The molecule has 2 rings (SSSR count). The summed E-state index contributed by atoms with van der Waals surface area (Å²) in [7, 11) is 2.10. The topological polar surface area (TPSA) is 58.4 Å². The SMILES string of the molecule is CCN(C)Cc1cccc(CNC(=O)C2(N)CC2)c1.Cl.Cl. The highest BCUT2D eigenvalue weighted by Gasteiger charge is 2.45. The third-order valence-electron chi connectivity index (χ3n) is 3.68. The third kappa shape index (κ3) is 5.83. The van der Waals surface area contributed by atoms with Crippen LogP contribution >= 0.6 is 24.8 Å². The van der Waals surface area contributed by atoms with Crippen molar-refractivity contribution in [1.82, 2.24) is 10.2 Å². The average Bonchev–Trinajstić information content (AvgIpc) is 3.15.